The number of hydrogen-bond donors (Lipinski definition) is 2. The number of urea groups is 1. The lowest BCUT2D eigenvalue weighted by Gasteiger charge is -2.26. The summed E-state index contributed by atoms with van der Waals surface area (Å²) in [5.41, 5.74) is -0.814. The molecule has 2 N–H and O–H groups in total. The summed E-state index contributed by atoms with van der Waals surface area (Å²) in [7, 11) is 0. The van der Waals surface area contributed by atoms with Gasteiger partial charge in [0.05, 0.1) is 0 Å². The summed E-state index contributed by atoms with van der Waals surface area (Å²) in [5.74, 6) is -0.478. The molecule has 6 heteroatoms. The highest BCUT2D eigenvalue weighted by molar-refractivity contribution is 6.09. The minimum atomic E-state index is -0.814. The predicted octanol–water partition coefficient (Wildman–Crippen LogP) is 2.33. The van der Waals surface area contributed by atoms with Crippen molar-refractivity contribution in [2.45, 2.75) is 83.2 Å². The Morgan fingerprint density at radius 1 is 1.17 bits per heavy atom. The van der Waals surface area contributed by atoms with Gasteiger partial charge in [-0.05, 0) is 25.7 Å². The smallest absolute Gasteiger partial charge is 0.325 e. The lowest BCUT2D eigenvalue weighted by molar-refractivity contribution is -0.135. The van der Waals surface area contributed by atoms with E-state index >= 15 is 0 Å². The van der Waals surface area contributed by atoms with Gasteiger partial charge in [-0.3, -0.25) is 14.5 Å². The standard InChI is InChI=1S/C17H29N3O3/c1-3-10-17(11-4-2)15(22)20(16(23)19-17)12-14(21)18-13-8-6-5-7-9-13/h13H,3-12H2,1-2H3,(H,18,21)(H,19,23). The molecule has 0 aromatic rings. The first-order chi connectivity index (χ1) is 11.0. The number of nitrogens with one attached hydrogen (secondary N) is 2. The van der Waals surface area contributed by atoms with E-state index in [0.29, 0.717) is 12.8 Å². The van der Waals surface area contributed by atoms with Gasteiger partial charge in [-0.15, -0.1) is 0 Å². The molecule has 2 rings (SSSR count). The third kappa shape index (κ3) is 4.03. The number of imide groups is 1. The van der Waals surface area contributed by atoms with Gasteiger partial charge in [0.25, 0.3) is 5.91 Å². The van der Waals surface area contributed by atoms with Gasteiger partial charge in [-0.25, -0.2) is 4.79 Å². The average molecular weight is 323 g/mol. The lowest BCUT2D eigenvalue weighted by Crippen LogP contribution is -2.48. The molecule has 1 aliphatic carbocycles. The fourth-order valence-electron chi connectivity index (χ4n) is 3.80. The molecule has 130 valence electrons. The number of carbonyl (C=O) groups is 3. The van der Waals surface area contributed by atoms with E-state index in [4.69, 9.17) is 0 Å². The van der Waals surface area contributed by atoms with Crippen molar-refractivity contribution in [1.82, 2.24) is 15.5 Å². The molecule has 6 nitrogen and oxygen atoms in total. The largest absolute Gasteiger partial charge is 0.352 e. The molecule has 2 fully saturated rings. The first-order valence-corrected chi connectivity index (χ1v) is 8.96. The average Bonchev–Trinajstić information content (AvgIpc) is 2.73. The van der Waals surface area contributed by atoms with E-state index < -0.39 is 11.6 Å². The van der Waals surface area contributed by atoms with Gasteiger partial charge in [0.15, 0.2) is 0 Å². The molecule has 0 unspecified atom stereocenters. The third-order valence-corrected chi connectivity index (χ3v) is 4.87. The van der Waals surface area contributed by atoms with Crippen LogP contribution in [0, 0.1) is 0 Å². The van der Waals surface area contributed by atoms with Gasteiger partial charge in [0, 0.05) is 6.04 Å². The van der Waals surface area contributed by atoms with Gasteiger partial charge in [-0.1, -0.05) is 46.0 Å². The van der Waals surface area contributed by atoms with E-state index in [-0.39, 0.29) is 24.4 Å². The fraction of sp³-hybridized carbons (Fsp3) is 0.824. The van der Waals surface area contributed by atoms with Crippen LogP contribution in [0.1, 0.15) is 71.6 Å². The first-order valence-electron chi connectivity index (χ1n) is 8.96. The number of nitrogens with zero attached hydrogens (tertiary/aromatic N) is 1. The van der Waals surface area contributed by atoms with Crippen LogP contribution in [0.3, 0.4) is 0 Å². The van der Waals surface area contributed by atoms with Crippen molar-refractivity contribution in [2.24, 2.45) is 0 Å². The molecule has 0 aromatic carbocycles. The monoisotopic (exact) mass is 323 g/mol. The Labute approximate surface area is 138 Å². The van der Waals surface area contributed by atoms with Crippen molar-refractivity contribution in [3.63, 3.8) is 0 Å². The van der Waals surface area contributed by atoms with Crippen molar-refractivity contribution < 1.29 is 14.4 Å². The van der Waals surface area contributed by atoms with Crippen molar-refractivity contribution in [1.29, 1.82) is 0 Å². The molecule has 1 aliphatic heterocycles. The summed E-state index contributed by atoms with van der Waals surface area (Å²) < 4.78 is 0. The van der Waals surface area contributed by atoms with Gasteiger partial charge in [-0.2, -0.15) is 0 Å². The lowest BCUT2D eigenvalue weighted by atomic mass is 9.88. The molecule has 0 aromatic heterocycles. The highest BCUT2D eigenvalue weighted by Gasteiger charge is 2.50. The van der Waals surface area contributed by atoms with Gasteiger partial charge in [0.1, 0.15) is 12.1 Å². The van der Waals surface area contributed by atoms with Crippen molar-refractivity contribution in [3.8, 4) is 0 Å². The molecule has 23 heavy (non-hydrogen) atoms. The van der Waals surface area contributed by atoms with Gasteiger partial charge >= 0.3 is 6.03 Å². The van der Waals surface area contributed by atoms with Crippen molar-refractivity contribution >= 4 is 17.8 Å². The summed E-state index contributed by atoms with van der Waals surface area (Å²) in [5, 5.41) is 5.80. The SMILES string of the molecule is CCCC1(CCC)NC(=O)N(CC(=O)NC2CCCCC2)C1=O. The number of rotatable bonds is 7. The molecule has 0 spiro atoms. The second kappa shape index (κ2) is 7.79. The topological polar surface area (TPSA) is 78.5 Å². The van der Waals surface area contributed by atoms with Crippen LogP contribution in [0.5, 0.6) is 0 Å². The molecule has 0 bridgehead atoms. The Bertz CT molecular complexity index is 452. The molecule has 1 saturated heterocycles. The third-order valence-electron chi connectivity index (χ3n) is 4.87. The maximum atomic E-state index is 12.7. The summed E-state index contributed by atoms with van der Waals surface area (Å²) in [6, 6.07) is -0.247. The van der Waals surface area contributed by atoms with E-state index in [1.807, 2.05) is 13.8 Å². The zero-order valence-corrected chi connectivity index (χ0v) is 14.3. The second-order valence-electron chi connectivity index (χ2n) is 6.81. The highest BCUT2D eigenvalue weighted by Crippen LogP contribution is 2.28. The number of carbonyl (C=O) groups excluding carboxylic acids is 3. The van der Waals surface area contributed by atoms with Crippen LogP contribution in [0.2, 0.25) is 0 Å². The number of hydrogen-bond acceptors (Lipinski definition) is 3. The zero-order valence-electron chi connectivity index (χ0n) is 14.3. The van der Waals surface area contributed by atoms with E-state index in [9.17, 15) is 14.4 Å². The molecule has 2 aliphatic rings. The predicted molar refractivity (Wildman–Crippen MR) is 87.8 cm³/mol. The van der Waals surface area contributed by atoms with Gasteiger partial charge < -0.3 is 10.6 Å². The van der Waals surface area contributed by atoms with E-state index in [1.165, 1.54) is 6.42 Å². The molecule has 0 atom stereocenters. The molecule has 0 radical (unpaired) electrons. The Hall–Kier alpha value is -1.59. The molecule has 1 saturated carbocycles. The minimum absolute atomic E-state index is 0.170. The molecule has 1 heterocycles. The Balaban J connectivity index is 1.97. The summed E-state index contributed by atoms with van der Waals surface area (Å²) in [4.78, 5) is 38.2. The van der Waals surface area contributed by atoms with Crippen LogP contribution in [0.15, 0.2) is 0 Å². The van der Waals surface area contributed by atoms with E-state index in [2.05, 4.69) is 10.6 Å². The molecular formula is C17H29N3O3. The van der Waals surface area contributed by atoms with Crippen LogP contribution in [-0.4, -0.2) is 40.9 Å². The molecular weight excluding hydrogens is 294 g/mol. The summed E-state index contributed by atoms with van der Waals surface area (Å²) >= 11 is 0. The van der Waals surface area contributed by atoms with Crippen molar-refractivity contribution in [3.05, 3.63) is 0 Å². The maximum Gasteiger partial charge on any atom is 0.325 e. The quantitative estimate of drug-likeness (QED) is 0.706. The van der Waals surface area contributed by atoms with Crippen LogP contribution in [0.4, 0.5) is 4.79 Å². The Morgan fingerprint density at radius 2 is 1.78 bits per heavy atom. The first kappa shape index (κ1) is 17.8. The zero-order chi connectivity index (χ0) is 16.9. The molecule has 4 amide bonds. The normalized spacial score (nSPS) is 21.4. The van der Waals surface area contributed by atoms with E-state index in [0.717, 1.165) is 43.4 Å². The van der Waals surface area contributed by atoms with Crippen LogP contribution in [0.25, 0.3) is 0 Å². The fourth-order valence-corrected chi connectivity index (χ4v) is 3.80. The summed E-state index contributed by atoms with van der Waals surface area (Å²) in [6.45, 7) is 3.82. The maximum absolute atomic E-state index is 12.7. The Kier molecular flexibility index (Phi) is 6.02. The van der Waals surface area contributed by atoms with Gasteiger partial charge in [0.2, 0.25) is 5.91 Å². The minimum Gasteiger partial charge on any atom is -0.352 e. The van der Waals surface area contributed by atoms with Crippen LogP contribution >= 0.6 is 0 Å². The van der Waals surface area contributed by atoms with Crippen LogP contribution < -0.4 is 10.6 Å². The Morgan fingerprint density at radius 3 is 2.35 bits per heavy atom. The summed E-state index contributed by atoms with van der Waals surface area (Å²) in [6.07, 6.45) is 8.31. The second-order valence-corrected chi connectivity index (χ2v) is 6.81. The van der Waals surface area contributed by atoms with Crippen molar-refractivity contribution in [2.75, 3.05) is 6.54 Å². The number of amides is 4. The van der Waals surface area contributed by atoms with Crippen LogP contribution in [-0.2, 0) is 9.59 Å². The highest BCUT2D eigenvalue weighted by atomic mass is 16.2. The van der Waals surface area contributed by atoms with E-state index in [1.54, 1.807) is 0 Å².